The van der Waals surface area contributed by atoms with Crippen LogP contribution in [0.2, 0.25) is 0 Å². The highest BCUT2D eigenvalue weighted by molar-refractivity contribution is 4.91. The van der Waals surface area contributed by atoms with Crippen molar-refractivity contribution in [3.8, 4) is 0 Å². The van der Waals surface area contributed by atoms with Crippen LogP contribution in [-0.4, -0.2) is 43.8 Å². The van der Waals surface area contributed by atoms with E-state index in [0.717, 1.165) is 25.5 Å². The molecule has 2 unspecified atom stereocenters. The maximum atomic E-state index is 5.88. The molecule has 0 radical (unpaired) electrons. The summed E-state index contributed by atoms with van der Waals surface area (Å²) in [6.45, 7) is 8.48. The number of methoxy groups -OCH3 is 1. The predicted octanol–water partition coefficient (Wildman–Crippen LogP) is 1.08. The zero-order chi connectivity index (χ0) is 10.6. The highest BCUT2D eigenvalue weighted by Crippen LogP contribution is 2.26. The third kappa shape index (κ3) is 2.69. The molecule has 0 aromatic heterocycles. The van der Waals surface area contributed by atoms with Gasteiger partial charge in [-0.25, -0.2) is 0 Å². The number of rotatable bonds is 5. The molecule has 1 saturated heterocycles. The molecule has 1 aliphatic heterocycles. The number of nitrogens with two attached hydrogens (primary N) is 1. The van der Waals surface area contributed by atoms with Crippen LogP contribution in [0.3, 0.4) is 0 Å². The Kier molecular flexibility index (Phi) is 4.35. The average Bonchev–Trinajstić information content (AvgIpc) is 2.62. The second-order valence-electron chi connectivity index (χ2n) is 4.78. The first-order valence-electron chi connectivity index (χ1n) is 5.56. The Balaban J connectivity index is 2.50. The van der Waals surface area contributed by atoms with Crippen LogP contribution in [0.15, 0.2) is 0 Å². The number of hydrogen-bond donors (Lipinski definition) is 1. The fourth-order valence-corrected chi connectivity index (χ4v) is 2.14. The van der Waals surface area contributed by atoms with Gasteiger partial charge in [-0.15, -0.1) is 0 Å². The van der Waals surface area contributed by atoms with Crippen molar-refractivity contribution in [3.63, 3.8) is 0 Å². The van der Waals surface area contributed by atoms with Crippen LogP contribution in [0.4, 0.5) is 0 Å². The van der Waals surface area contributed by atoms with Crippen molar-refractivity contribution in [2.45, 2.75) is 32.2 Å². The van der Waals surface area contributed by atoms with E-state index in [4.69, 9.17) is 10.5 Å². The second-order valence-corrected chi connectivity index (χ2v) is 4.78. The van der Waals surface area contributed by atoms with E-state index < -0.39 is 0 Å². The van der Waals surface area contributed by atoms with Crippen LogP contribution in [0.5, 0.6) is 0 Å². The van der Waals surface area contributed by atoms with Gasteiger partial charge in [-0.05, 0) is 32.2 Å². The standard InChI is InChI=1S/C11H24N2O/c1-10-4-6-13(8-10)11(2,9-12)5-7-14-3/h10H,4-9,12H2,1-3H3. The van der Waals surface area contributed by atoms with Crippen LogP contribution in [0.1, 0.15) is 26.7 Å². The molecule has 2 N–H and O–H groups in total. The monoisotopic (exact) mass is 200 g/mol. The first kappa shape index (κ1) is 12.0. The summed E-state index contributed by atoms with van der Waals surface area (Å²) in [5.41, 5.74) is 6.02. The molecular weight excluding hydrogens is 176 g/mol. The first-order chi connectivity index (χ1) is 6.62. The molecule has 0 aromatic rings. The number of hydrogen-bond acceptors (Lipinski definition) is 3. The molecule has 0 aromatic carbocycles. The number of nitrogens with zero attached hydrogens (tertiary/aromatic N) is 1. The summed E-state index contributed by atoms with van der Waals surface area (Å²) in [6.07, 6.45) is 2.34. The van der Waals surface area contributed by atoms with Crippen molar-refractivity contribution in [2.24, 2.45) is 11.7 Å². The lowest BCUT2D eigenvalue weighted by Gasteiger charge is -2.38. The quantitative estimate of drug-likeness (QED) is 0.722. The van der Waals surface area contributed by atoms with Crippen LogP contribution in [0.25, 0.3) is 0 Å². The lowest BCUT2D eigenvalue weighted by Crippen LogP contribution is -2.51. The lowest BCUT2D eigenvalue weighted by molar-refractivity contribution is 0.0853. The molecule has 1 heterocycles. The van der Waals surface area contributed by atoms with Crippen LogP contribution < -0.4 is 5.73 Å². The number of ether oxygens (including phenoxy) is 1. The van der Waals surface area contributed by atoms with Crippen molar-refractivity contribution in [1.29, 1.82) is 0 Å². The molecule has 84 valence electrons. The Bertz CT molecular complexity index is 175. The molecule has 14 heavy (non-hydrogen) atoms. The van der Waals surface area contributed by atoms with Gasteiger partial charge in [0, 0.05) is 32.3 Å². The van der Waals surface area contributed by atoms with Gasteiger partial charge in [-0.3, -0.25) is 4.90 Å². The van der Waals surface area contributed by atoms with Gasteiger partial charge in [0.1, 0.15) is 0 Å². The van der Waals surface area contributed by atoms with E-state index in [1.165, 1.54) is 19.5 Å². The fourth-order valence-electron chi connectivity index (χ4n) is 2.14. The molecule has 3 heteroatoms. The van der Waals surface area contributed by atoms with Gasteiger partial charge >= 0.3 is 0 Å². The molecule has 0 saturated carbocycles. The zero-order valence-electron chi connectivity index (χ0n) is 9.75. The smallest absolute Gasteiger partial charge is 0.0480 e. The molecular formula is C11H24N2O. The van der Waals surface area contributed by atoms with E-state index in [1.54, 1.807) is 7.11 Å². The minimum Gasteiger partial charge on any atom is -0.385 e. The number of likely N-dealkylation sites (tertiary alicyclic amines) is 1. The topological polar surface area (TPSA) is 38.5 Å². The zero-order valence-corrected chi connectivity index (χ0v) is 9.75. The molecule has 1 aliphatic rings. The summed E-state index contributed by atoms with van der Waals surface area (Å²) in [4.78, 5) is 2.52. The fraction of sp³-hybridized carbons (Fsp3) is 1.00. The predicted molar refractivity (Wildman–Crippen MR) is 59.3 cm³/mol. The van der Waals surface area contributed by atoms with E-state index in [0.29, 0.717) is 0 Å². The maximum absolute atomic E-state index is 5.88. The minimum atomic E-state index is 0.140. The molecule has 1 fully saturated rings. The third-order valence-electron chi connectivity index (χ3n) is 3.47. The van der Waals surface area contributed by atoms with Crippen LogP contribution in [-0.2, 0) is 4.74 Å². The highest BCUT2D eigenvalue weighted by atomic mass is 16.5. The summed E-state index contributed by atoms with van der Waals surface area (Å²) in [6, 6.07) is 0. The second kappa shape index (κ2) is 5.10. The molecule has 0 aliphatic carbocycles. The van der Waals surface area contributed by atoms with E-state index in [9.17, 15) is 0 Å². The molecule has 0 spiro atoms. The molecule has 2 atom stereocenters. The van der Waals surface area contributed by atoms with E-state index in [2.05, 4.69) is 18.7 Å². The van der Waals surface area contributed by atoms with Gasteiger partial charge in [0.25, 0.3) is 0 Å². The van der Waals surface area contributed by atoms with Crippen molar-refractivity contribution in [2.75, 3.05) is 33.4 Å². The van der Waals surface area contributed by atoms with E-state index in [-0.39, 0.29) is 5.54 Å². The van der Waals surface area contributed by atoms with Crippen molar-refractivity contribution in [3.05, 3.63) is 0 Å². The van der Waals surface area contributed by atoms with Crippen molar-refractivity contribution in [1.82, 2.24) is 4.90 Å². The maximum Gasteiger partial charge on any atom is 0.0480 e. The summed E-state index contributed by atoms with van der Waals surface area (Å²) >= 11 is 0. The Morgan fingerprint density at radius 1 is 1.57 bits per heavy atom. The SMILES string of the molecule is COCCC(C)(CN)N1CCC(C)C1. The van der Waals surface area contributed by atoms with Gasteiger partial charge < -0.3 is 10.5 Å². The summed E-state index contributed by atoms with van der Waals surface area (Å²) in [5, 5.41) is 0. The Morgan fingerprint density at radius 3 is 2.71 bits per heavy atom. The van der Waals surface area contributed by atoms with E-state index in [1.807, 2.05) is 0 Å². The minimum absolute atomic E-state index is 0.140. The summed E-state index contributed by atoms with van der Waals surface area (Å²) in [5.74, 6) is 0.823. The first-order valence-corrected chi connectivity index (χ1v) is 5.56. The molecule has 1 rings (SSSR count). The van der Waals surface area contributed by atoms with Crippen molar-refractivity contribution < 1.29 is 4.74 Å². The Morgan fingerprint density at radius 2 is 2.29 bits per heavy atom. The summed E-state index contributed by atoms with van der Waals surface area (Å²) < 4.78 is 5.14. The highest BCUT2D eigenvalue weighted by Gasteiger charge is 2.34. The molecule has 0 bridgehead atoms. The third-order valence-corrected chi connectivity index (χ3v) is 3.47. The normalized spacial score (nSPS) is 27.9. The molecule has 0 amide bonds. The van der Waals surface area contributed by atoms with Crippen molar-refractivity contribution >= 4 is 0 Å². The lowest BCUT2D eigenvalue weighted by atomic mass is 9.96. The van der Waals surface area contributed by atoms with E-state index >= 15 is 0 Å². The Hall–Kier alpha value is -0.120. The summed E-state index contributed by atoms with van der Waals surface area (Å²) in [7, 11) is 1.75. The molecule has 3 nitrogen and oxygen atoms in total. The average molecular weight is 200 g/mol. The van der Waals surface area contributed by atoms with Crippen LogP contribution >= 0.6 is 0 Å². The van der Waals surface area contributed by atoms with Gasteiger partial charge in [0.2, 0.25) is 0 Å². The van der Waals surface area contributed by atoms with Crippen LogP contribution in [0, 0.1) is 5.92 Å². The van der Waals surface area contributed by atoms with Gasteiger partial charge in [0.05, 0.1) is 0 Å². The largest absolute Gasteiger partial charge is 0.385 e. The van der Waals surface area contributed by atoms with Gasteiger partial charge in [-0.1, -0.05) is 6.92 Å². The van der Waals surface area contributed by atoms with Gasteiger partial charge in [0.15, 0.2) is 0 Å². The Labute approximate surface area is 87.6 Å². The van der Waals surface area contributed by atoms with Gasteiger partial charge in [-0.2, -0.15) is 0 Å².